The van der Waals surface area contributed by atoms with Crippen LogP contribution in [0, 0.1) is 0 Å². The molecular weight excluding hydrogens is 216 g/mol. The molecule has 3 nitrogen and oxygen atoms in total. The predicted molar refractivity (Wildman–Crippen MR) is 65.9 cm³/mol. The number of benzene rings is 1. The van der Waals surface area contributed by atoms with E-state index in [1.165, 1.54) is 23.6 Å². The maximum absolute atomic E-state index is 10.7. The topological polar surface area (TPSA) is 35.5 Å². The third kappa shape index (κ3) is 2.67. The van der Waals surface area contributed by atoms with Crippen molar-refractivity contribution in [3.05, 3.63) is 35.4 Å². The van der Waals surface area contributed by atoms with Crippen LogP contribution in [0.2, 0.25) is 0 Å². The van der Waals surface area contributed by atoms with Gasteiger partial charge < -0.3 is 9.47 Å². The normalized spacial score (nSPS) is 15.8. The van der Waals surface area contributed by atoms with Crippen molar-refractivity contribution in [3.8, 4) is 5.75 Å². The van der Waals surface area contributed by atoms with Gasteiger partial charge in [-0.1, -0.05) is 6.07 Å². The number of methoxy groups -OCH3 is 1. The molecule has 0 atom stereocenters. The summed E-state index contributed by atoms with van der Waals surface area (Å²) in [6.07, 6.45) is 4.02. The van der Waals surface area contributed by atoms with E-state index in [1.54, 1.807) is 7.11 Å². The maximum atomic E-state index is 10.7. The molecule has 0 N–H and O–H groups in total. The first-order chi connectivity index (χ1) is 8.20. The number of ether oxygens (including phenoxy) is 2. The van der Waals surface area contributed by atoms with Gasteiger partial charge in [-0.05, 0) is 47.8 Å². The van der Waals surface area contributed by atoms with E-state index in [2.05, 4.69) is 12.1 Å². The minimum absolute atomic E-state index is 0.241. The number of rotatable bonds is 3. The molecule has 0 spiro atoms. The van der Waals surface area contributed by atoms with Crippen molar-refractivity contribution in [2.75, 3.05) is 13.7 Å². The van der Waals surface area contributed by atoms with Crippen LogP contribution < -0.4 is 4.74 Å². The molecule has 17 heavy (non-hydrogen) atoms. The van der Waals surface area contributed by atoms with Gasteiger partial charge in [0.15, 0.2) is 0 Å². The van der Waals surface area contributed by atoms with Crippen LogP contribution in [0.1, 0.15) is 24.5 Å². The van der Waals surface area contributed by atoms with Crippen molar-refractivity contribution < 1.29 is 14.3 Å². The summed E-state index contributed by atoms with van der Waals surface area (Å²) < 4.78 is 10.1. The Hall–Kier alpha value is -1.77. The van der Waals surface area contributed by atoms with E-state index in [1.807, 2.05) is 12.1 Å². The van der Waals surface area contributed by atoms with Crippen molar-refractivity contribution in [3.63, 3.8) is 0 Å². The van der Waals surface area contributed by atoms with E-state index in [4.69, 9.17) is 9.47 Å². The van der Waals surface area contributed by atoms with Crippen molar-refractivity contribution in [2.45, 2.75) is 19.8 Å². The Balaban J connectivity index is 2.14. The number of esters is 1. The van der Waals surface area contributed by atoms with Crippen molar-refractivity contribution in [1.29, 1.82) is 0 Å². The molecule has 0 bridgehead atoms. The van der Waals surface area contributed by atoms with E-state index in [9.17, 15) is 4.79 Å². The molecule has 0 saturated carbocycles. The third-order valence-electron chi connectivity index (χ3n) is 2.94. The SMILES string of the molecule is COc1ccc2c(c1)CCC2=CCOC(C)=O. The Morgan fingerprint density at radius 3 is 2.94 bits per heavy atom. The molecule has 0 saturated heterocycles. The van der Waals surface area contributed by atoms with Gasteiger partial charge in [0.1, 0.15) is 12.4 Å². The fourth-order valence-electron chi connectivity index (χ4n) is 2.09. The first-order valence-electron chi connectivity index (χ1n) is 5.70. The Morgan fingerprint density at radius 2 is 2.24 bits per heavy atom. The highest BCUT2D eigenvalue weighted by Gasteiger charge is 2.16. The second-order valence-corrected chi connectivity index (χ2v) is 4.06. The lowest BCUT2D eigenvalue weighted by atomic mass is 10.1. The minimum Gasteiger partial charge on any atom is -0.497 e. The fourth-order valence-corrected chi connectivity index (χ4v) is 2.09. The third-order valence-corrected chi connectivity index (χ3v) is 2.94. The van der Waals surface area contributed by atoms with Crippen LogP contribution in [0.5, 0.6) is 5.75 Å². The van der Waals surface area contributed by atoms with Gasteiger partial charge in [-0.25, -0.2) is 0 Å². The quantitative estimate of drug-likeness (QED) is 0.751. The van der Waals surface area contributed by atoms with Gasteiger partial charge in [-0.3, -0.25) is 4.79 Å². The average molecular weight is 232 g/mol. The summed E-state index contributed by atoms with van der Waals surface area (Å²) in [4.78, 5) is 10.7. The van der Waals surface area contributed by atoms with Crippen molar-refractivity contribution in [1.82, 2.24) is 0 Å². The van der Waals surface area contributed by atoms with Gasteiger partial charge in [0, 0.05) is 6.92 Å². The first kappa shape index (κ1) is 11.7. The van der Waals surface area contributed by atoms with Crippen LogP contribution in [-0.4, -0.2) is 19.7 Å². The zero-order valence-electron chi connectivity index (χ0n) is 10.2. The molecule has 1 aromatic carbocycles. The summed E-state index contributed by atoms with van der Waals surface area (Å²) in [6, 6.07) is 6.10. The van der Waals surface area contributed by atoms with E-state index in [-0.39, 0.29) is 5.97 Å². The summed E-state index contributed by atoms with van der Waals surface area (Å²) in [7, 11) is 1.67. The molecule has 1 aliphatic carbocycles. The lowest BCUT2D eigenvalue weighted by Crippen LogP contribution is -1.98. The summed E-state index contributed by atoms with van der Waals surface area (Å²) in [5.74, 6) is 0.653. The Labute approximate surface area is 101 Å². The maximum Gasteiger partial charge on any atom is 0.302 e. The Morgan fingerprint density at radius 1 is 1.41 bits per heavy atom. The number of aryl methyl sites for hydroxylation is 1. The molecule has 1 aromatic rings. The zero-order valence-corrected chi connectivity index (χ0v) is 10.2. The van der Waals surface area contributed by atoms with E-state index >= 15 is 0 Å². The van der Waals surface area contributed by atoms with Crippen molar-refractivity contribution in [2.24, 2.45) is 0 Å². The van der Waals surface area contributed by atoms with Crippen LogP contribution in [0.15, 0.2) is 24.3 Å². The lowest BCUT2D eigenvalue weighted by Gasteiger charge is -2.04. The molecule has 0 aliphatic heterocycles. The molecule has 3 heteroatoms. The number of carbonyl (C=O) groups excluding carboxylic acids is 1. The number of allylic oxidation sites excluding steroid dienone is 1. The molecule has 0 fully saturated rings. The smallest absolute Gasteiger partial charge is 0.302 e. The van der Waals surface area contributed by atoms with Gasteiger partial charge in [0.25, 0.3) is 0 Å². The van der Waals surface area contributed by atoms with E-state index < -0.39 is 0 Å². The van der Waals surface area contributed by atoms with Gasteiger partial charge in [0.05, 0.1) is 7.11 Å². The van der Waals surface area contributed by atoms with E-state index in [0.29, 0.717) is 6.61 Å². The standard InChI is InChI=1S/C14H16O3/c1-10(15)17-8-7-11-3-4-12-9-13(16-2)5-6-14(11)12/h5-7,9H,3-4,8H2,1-2H3. The highest BCUT2D eigenvalue weighted by Crippen LogP contribution is 2.34. The summed E-state index contributed by atoms with van der Waals surface area (Å²) >= 11 is 0. The number of hydrogen-bond donors (Lipinski definition) is 0. The van der Waals surface area contributed by atoms with Crippen LogP contribution >= 0.6 is 0 Å². The Bertz CT molecular complexity index is 461. The molecule has 0 radical (unpaired) electrons. The molecule has 0 unspecified atom stereocenters. The number of hydrogen-bond acceptors (Lipinski definition) is 3. The molecule has 0 heterocycles. The molecule has 0 aromatic heterocycles. The highest BCUT2D eigenvalue weighted by molar-refractivity contribution is 5.73. The van der Waals surface area contributed by atoms with Gasteiger partial charge in [-0.15, -0.1) is 0 Å². The lowest BCUT2D eigenvalue weighted by molar-refractivity contribution is -0.139. The van der Waals surface area contributed by atoms with Crippen LogP contribution in [0.3, 0.4) is 0 Å². The zero-order chi connectivity index (χ0) is 12.3. The number of fused-ring (bicyclic) bond motifs is 1. The van der Waals surface area contributed by atoms with Gasteiger partial charge in [0.2, 0.25) is 0 Å². The van der Waals surface area contributed by atoms with Gasteiger partial charge >= 0.3 is 5.97 Å². The molecule has 90 valence electrons. The molecule has 0 amide bonds. The predicted octanol–water partition coefficient (Wildman–Crippen LogP) is 2.59. The Kier molecular flexibility index (Phi) is 3.47. The van der Waals surface area contributed by atoms with E-state index in [0.717, 1.165) is 18.6 Å². The van der Waals surface area contributed by atoms with Crippen LogP contribution in [0.4, 0.5) is 0 Å². The second-order valence-electron chi connectivity index (χ2n) is 4.06. The van der Waals surface area contributed by atoms with Crippen LogP contribution in [-0.2, 0) is 16.0 Å². The summed E-state index contributed by atoms with van der Waals surface area (Å²) in [5.41, 5.74) is 3.81. The van der Waals surface area contributed by atoms with Crippen molar-refractivity contribution >= 4 is 11.5 Å². The second kappa shape index (κ2) is 5.04. The summed E-state index contributed by atoms with van der Waals surface area (Å²) in [6.45, 7) is 1.78. The fraction of sp³-hybridized carbons (Fsp3) is 0.357. The summed E-state index contributed by atoms with van der Waals surface area (Å²) in [5, 5.41) is 0. The monoisotopic (exact) mass is 232 g/mol. The average Bonchev–Trinajstić information content (AvgIpc) is 2.71. The number of carbonyl (C=O) groups is 1. The van der Waals surface area contributed by atoms with Crippen LogP contribution in [0.25, 0.3) is 5.57 Å². The largest absolute Gasteiger partial charge is 0.497 e. The molecule has 2 rings (SSSR count). The molecular formula is C14H16O3. The highest BCUT2D eigenvalue weighted by atomic mass is 16.5. The molecule has 1 aliphatic rings. The first-order valence-corrected chi connectivity index (χ1v) is 5.70. The van der Waals surface area contributed by atoms with Gasteiger partial charge in [-0.2, -0.15) is 0 Å². The minimum atomic E-state index is -0.241.